The molecule has 0 aromatic carbocycles. The maximum Gasteiger partial charge on any atom is 0.302 e. The normalized spacial score (nSPS) is 15.2. The van der Waals surface area contributed by atoms with Crippen LogP contribution in [0.3, 0.4) is 0 Å². The smallest absolute Gasteiger partial charge is 0.302 e. The second-order valence-electron chi connectivity index (χ2n) is 2.78. The number of hydrogen-bond acceptors (Lipinski definition) is 3. The number of hydrogen-bond donors (Lipinski definition) is 0. The summed E-state index contributed by atoms with van der Waals surface area (Å²) in [5.41, 5.74) is 0. The highest BCUT2D eigenvalue weighted by molar-refractivity contribution is 5.65. The van der Waals surface area contributed by atoms with Crippen molar-refractivity contribution in [1.82, 2.24) is 0 Å². The number of ether oxygens (including phenoxy) is 1. The summed E-state index contributed by atoms with van der Waals surface area (Å²) in [5, 5.41) is 0. The van der Waals surface area contributed by atoms with E-state index in [0.29, 0.717) is 6.61 Å². The van der Waals surface area contributed by atoms with Crippen LogP contribution in [-0.2, 0) is 14.3 Å². The fraction of sp³-hybridized carbons (Fsp3) is 0.750. The molecule has 2 atom stereocenters. The Bertz CT molecular complexity index is 142. The van der Waals surface area contributed by atoms with E-state index >= 15 is 0 Å². The third-order valence-corrected chi connectivity index (χ3v) is 1.66. The molecule has 0 radical (unpaired) electrons. The van der Waals surface area contributed by atoms with Crippen molar-refractivity contribution in [3.63, 3.8) is 0 Å². The molecule has 0 rings (SSSR count). The molecule has 0 spiro atoms. The minimum Gasteiger partial charge on any atom is -0.466 e. The Hall–Kier alpha value is -0.860. The average molecular weight is 158 g/mol. The van der Waals surface area contributed by atoms with Crippen molar-refractivity contribution >= 4 is 12.3 Å². The number of esters is 1. The zero-order valence-electron chi connectivity index (χ0n) is 7.16. The molecule has 11 heavy (non-hydrogen) atoms. The summed E-state index contributed by atoms with van der Waals surface area (Å²) < 4.78 is 4.73. The highest BCUT2D eigenvalue weighted by Gasteiger charge is 2.11. The molecular weight excluding hydrogens is 144 g/mol. The Morgan fingerprint density at radius 1 is 1.55 bits per heavy atom. The lowest BCUT2D eigenvalue weighted by molar-refractivity contribution is -0.143. The first-order chi connectivity index (χ1) is 5.07. The van der Waals surface area contributed by atoms with Crippen LogP contribution in [0.2, 0.25) is 0 Å². The van der Waals surface area contributed by atoms with Gasteiger partial charge in [0, 0.05) is 12.8 Å². The summed E-state index contributed by atoms with van der Waals surface area (Å²) in [6, 6.07) is 0. The number of carbonyl (C=O) groups excluding carboxylic acids is 2. The van der Waals surface area contributed by atoms with Crippen LogP contribution < -0.4 is 0 Å². The Balaban J connectivity index is 3.59. The number of rotatable bonds is 4. The Morgan fingerprint density at radius 3 is 2.45 bits per heavy atom. The van der Waals surface area contributed by atoms with Gasteiger partial charge in [0.25, 0.3) is 0 Å². The van der Waals surface area contributed by atoms with Crippen LogP contribution in [0.15, 0.2) is 0 Å². The number of aldehydes is 1. The molecule has 3 nitrogen and oxygen atoms in total. The number of carbonyl (C=O) groups is 2. The van der Waals surface area contributed by atoms with E-state index in [-0.39, 0.29) is 17.8 Å². The molecule has 0 aliphatic rings. The minimum atomic E-state index is -0.296. The van der Waals surface area contributed by atoms with E-state index in [4.69, 9.17) is 4.74 Å². The Kier molecular flexibility index (Phi) is 4.50. The lowest BCUT2D eigenvalue weighted by Crippen LogP contribution is -2.17. The molecule has 0 bridgehead atoms. The fourth-order valence-corrected chi connectivity index (χ4v) is 0.535. The molecule has 3 heteroatoms. The molecule has 0 aliphatic heterocycles. The molecule has 0 fully saturated rings. The second-order valence-corrected chi connectivity index (χ2v) is 2.78. The summed E-state index contributed by atoms with van der Waals surface area (Å²) in [7, 11) is 0. The molecule has 0 aromatic heterocycles. The van der Waals surface area contributed by atoms with E-state index in [1.54, 1.807) is 6.92 Å². The van der Waals surface area contributed by atoms with Gasteiger partial charge in [-0.15, -0.1) is 0 Å². The SMILES string of the molecule is CC(=O)OCC(C)C(C)C=O. The van der Waals surface area contributed by atoms with Crippen LogP contribution in [0.4, 0.5) is 0 Å². The summed E-state index contributed by atoms with van der Waals surface area (Å²) in [6.45, 7) is 5.37. The highest BCUT2D eigenvalue weighted by Crippen LogP contribution is 2.07. The summed E-state index contributed by atoms with van der Waals surface area (Å²) >= 11 is 0. The van der Waals surface area contributed by atoms with E-state index in [1.165, 1.54) is 6.92 Å². The van der Waals surface area contributed by atoms with E-state index in [9.17, 15) is 9.59 Å². The van der Waals surface area contributed by atoms with Crippen molar-refractivity contribution in [2.75, 3.05) is 6.61 Å². The maximum absolute atomic E-state index is 10.3. The lowest BCUT2D eigenvalue weighted by atomic mass is 9.99. The molecule has 0 aromatic rings. The van der Waals surface area contributed by atoms with Crippen LogP contribution in [0.25, 0.3) is 0 Å². The fourth-order valence-electron chi connectivity index (χ4n) is 0.535. The Labute approximate surface area is 66.7 Å². The third kappa shape index (κ3) is 4.53. The average Bonchev–Trinajstić information content (AvgIpc) is 1.98. The topological polar surface area (TPSA) is 43.4 Å². The van der Waals surface area contributed by atoms with Gasteiger partial charge in [0.1, 0.15) is 6.29 Å². The predicted molar refractivity (Wildman–Crippen MR) is 41.0 cm³/mol. The van der Waals surface area contributed by atoms with Crippen molar-refractivity contribution in [2.45, 2.75) is 20.8 Å². The molecule has 2 unspecified atom stereocenters. The quantitative estimate of drug-likeness (QED) is 0.453. The second kappa shape index (κ2) is 4.88. The maximum atomic E-state index is 10.3. The molecule has 0 N–H and O–H groups in total. The first kappa shape index (κ1) is 10.1. The van der Waals surface area contributed by atoms with Crippen molar-refractivity contribution < 1.29 is 14.3 Å². The first-order valence-corrected chi connectivity index (χ1v) is 3.66. The molecule has 0 amide bonds. The van der Waals surface area contributed by atoms with Gasteiger partial charge in [-0.2, -0.15) is 0 Å². The van der Waals surface area contributed by atoms with Crippen LogP contribution in [0.5, 0.6) is 0 Å². The Morgan fingerprint density at radius 2 is 2.09 bits per heavy atom. The first-order valence-electron chi connectivity index (χ1n) is 3.66. The van der Waals surface area contributed by atoms with Crippen LogP contribution in [0.1, 0.15) is 20.8 Å². The van der Waals surface area contributed by atoms with E-state index in [0.717, 1.165) is 6.29 Å². The zero-order valence-corrected chi connectivity index (χ0v) is 7.16. The van der Waals surface area contributed by atoms with Gasteiger partial charge in [0.15, 0.2) is 0 Å². The van der Waals surface area contributed by atoms with E-state index in [1.807, 2.05) is 6.92 Å². The van der Waals surface area contributed by atoms with Gasteiger partial charge in [0.2, 0.25) is 0 Å². The highest BCUT2D eigenvalue weighted by atomic mass is 16.5. The van der Waals surface area contributed by atoms with Gasteiger partial charge < -0.3 is 9.53 Å². The van der Waals surface area contributed by atoms with Gasteiger partial charge in [-0.25, -0.2) is 0 Å². The van der Waals surface area contributed by atoms with Crippen molar-refractivity contribution in [3.8, 4) is 0 Å². The molecular formula is C8H14O3. The van der Waals surface area contributed by atoms with Gasteiger partial charge in [-0.3, -0.25) is 4.79 Å². The summed E-state index contributed by atoms with van der Waals surface area (Å²) in [6.07, 6.45) is 0.869. The van der Waals surface area contributed by atoms with Crippen molar-refractivity contribution in [2.24, 2.45) is 11.8 Å². The molecule has 64 valence electrons. The summed E-state index contributed by atoms with van der Waals surface area (Å²) in [5.74, 6) is -0.235. The lowest BCUT2D eigenvalue weighted by Gasteiger charge is -2.13. The molecule has 0 aliphatic carbocycles. The van der Waals surface area contributed by atoms with Crippen molar-refractivity contribution in [1.29, 1.82) is 0 Å². The van der Waals surface area contributed by atoms with Gasteiger partial charge in [0.05, 0.1) is 6.61 Å². The van der Waals surface area contributed by atoms with Gasteiger partial charge in [-0.05, 0) is 5.92 Å². The van der Waals surface area contributed by atoms with Gasteiger partial charge in [-0.1, -0.05) is 13.8 Å². The minimum absolute atomic E-state index is 0.0469. The molecule has 0 heterocycles. The van der Waals surface area contributed by atoms with Crippen molar-refractivity contribution in [3.05, 3.63) is 0 Å². The van der Waals surface area contributed by atoms with Gasteiger partial charge >= 0.3 is 5.97 Å². The molecule has 0 saturated heterocycles. The zero-order chi connectivity index (χ0) is 8.85. The van der Waals surface area contributed by atoms with Crippen LogP contribution in [-0.4, -0.2) is 18.9 Å². The van der Waals surface area contributed by atoms with Crippen LogP contribution >= 0.6 is 0 Å². The largest absolute Gasteiger partial charge is 0.466 e. The standard InChI is InChI=1S/C8H14O3/c1-6(4-9)7(2)5-11-8(3)10/h4,6-7H,5H2,1-3H3. The predicted octanol–water partition coefficient (Wildman–Crippen LogP) is 1.02. The van der Waals surface area contributed by atoms with E-state index in [2.05, 4.69) is 0 Å². The third-order valence-electron chi connectivity index (χ3n) is 1.66. The molecule has 0 saturated carbocycles. The van der Waals surface area contributed by atoms with E-state index < -0.39 is 0 Å². The monoisotopic (exact) mass is 158 g/mol. The summed E-state index contributed by atoms with van der Waals surface area (Å²) in [4.78, 5) is 20.6. The van der Waals surface area contributed by atoms with Crippen LogP contribution in [0, 0.1) is 11.8 Å².